The van der Waals surface area contributed by atoms with E-state index in [0.717, 1.165) is 152 Å². The number of hydrogen-bond donors (Lipinski definition) is 0. The molecule has 508 valence electrons. The SMILES string of the molecule is CCCCCCCCCCCCOc1ccc(-c2nc3c(-c4scc5c4OCCO5)ccc(-c4scc5c4OCCO5)c3nc2-c2ccc(OCCCCCCCCCCCC)c(OCCCCCCCCCCCC)c2)cc1OCCCCCCCCCCCC. The van der Waals surface area contributed by atoms with Crippen LogP contribution in [0.4, 0.5) is 0 Å². The van der Waals surface area contributed by atoms with Gasteiger partial charge in [0.05, 0.1) is 58.6 Å². The van der Waals surface area contributed by atoms with Crippen molar-refractivity contribution < 1.29 is 37.9 Å². The lowest BCUT2D eigenvalue weighted by Crippen LogP contribution is -2.14. The number of ether oxygens (including phenoxy) is 8. The molecule has 10 nitrogen and oxygen atoms in total. The number of aromatic nitrogens is 2. The van der Waals surface area contributed by atoms with Crippen molar-refractivity contribution in [3.63, 3.8) is 0 Å². The molecule has 0 N–H and O–H groups in total. The molecule has 12 heteroatoms. The summed E-state index contributed by atoms with van der Waals surface area (Å²) in [6.45, 7) is 13.7. The summed E-state index contributed by atoms with van der Waals surface area (Å²) in [5, 5.41) is 4.11. The third-order valence-corrected chi connectivity index (χ3v) is 20.3. The van der Waals surface area contributed by atoms with E-state index in [0.29, 0.717) is 52.9 Å². The molecule has 0 unspecified atom stereocenters. The van der Waals surface area contributed by atoms with Gasteiger partial charge in [0, 0.05) is 33.0 Å². The number of rotatable bonds is 52. The summed E-state index contributed by atoms with van der Waals surface area (Å²) in [7, 11) is 0. The summed E-state index contributed by atoms with van der Waals surface area (Å²) in [6.07, 6.45) is 50.8. The fraction of sp³-hybridized carbons (Fsp3) is 0.650. The van der Waals surface area contributed by atoms with Crippen molar-refractivity contribution in [2.24, 2.45) is 0 Å². The molecule has 0 fully saturated rings. The Hall–Kier alpha value is -5.20. The Morgan fingerprint density at radius 2 is 0.587 bits per heavy atom. The van der Waals surface area contributed by atoms with E-state index in [1.54, 1.807) is 22.7 Å². The Morgan fingerprint density at radius 3 is 0.891 bits per heavy atom. The van der Waals surface area contributed by atoms with E-state index in [1.165, 1.54) is 205 Å². The molecular formula is C80H118N2O8S2. The van der Waals surface area contributed by atoms with Gasteiger partial charge >= 0.3 is 0 Å². The molecule has 8 rings (SSSR count). The molecule has 92 heavy (non-hydrogen) atoms. The van der Waals surface area contributed by atoms with Crippen LogP contribution in [-0.4, -0.2) is 62.8 Å². The lowest BCUT2D eigenvalue weighted by molar-refractivity contribution is 0.174. The van der Waals surface area contributed by atoms with Gasteiger partial charge in [0.15, 0.2) is 46.0 Å². The van der Waals surface area contributed by atoms with Crippen LogP contribution < -0.4 is 37.9 Å². The molecule has 0 bridgehead atoms. The standard InChI is InChI=1S/C80H118N2O8S2/c1-5-9-13-17-21-25-29-33-37-41-51-83-67-49-45-63(59-69(67)85-53-43-39-35-31-27-23-19-15-11-7-3)73-74(82-76-66(80-78-72(62-92-80)88-56-58-90-78)48-47-65(75(76)81-73)79-77-71(61-91-79)87-55-57-89-77)64-46-50-68(84-52-42-38-34-30-26-22-18-14-10-6-2)70(60-64)86-54-44-40-36-32-28-24-20-16-12-8-4/h45-50,59-62H,5-44,51-58H2,1-4H3. The Morgan fingerprint density at radius 1 is 0.315 bits per heavy atom. The second-order valence-electron chi connectivity index (χ2n) is 26.1. The Balaban J connectivity index is 1.14. The monoisotopic (exact) mass is 1300 g/mol. The van der Waals surface area contributed by atoms with Crippen molar-refractivity contribution in [2.75, 3.05) is 52.9 Å². The van der Waals surface area contributed by atoms with Crippen molar-refractivity contribution in [3.05, 3.63) is 59.3 Å². The van der Waals surface area contributed by atoms with Crippen LogP contribution in [-0.2, 0) is 0 Å². The van der Waals surface area contributed by atoms with Gasteiger partial charge in [-0.3, -0.25) is 0 Å². The molecule has 0 radical (unpaired) electrons. The average Bonchev–Trinajstić information content (AvgIpc) is 1.24. The topological polar surface area (TPSA) is 99.6 Å². The van der Waals surface area contributed by atoms with E-state index in [9.17, 15) is 0 Å². The van der Waals surface area contributed by atoms with Gasteiger partial charge in [-0.05, 0) is 62.1 Å². The van der Waals surface area contributed by atoms with Gasteiger partial charge in [-0.15, -0.1) is 22.7 Å². The summed E-state index contributed by atoms with van der Waals surface area (Å²) < 4.78 is 52.4. The zero-order chi connectivity index (χ0) is 63.9. The lowest BCUT2D eigenvalue weighted by atomic mass is 9.99. The van der Waals surface area contributed by atoms with Crippen molar-refractivity contribution in [3.8, 4) is 89.4 Å². The molecule has 6 aromatic rings. The van der Waals surface area contributed by atoms with Gasteiger partial charge in [0.25, 0.3) is 0 Å². The van der Waals surface area contributed by atoms with Crippen molar-refractivity contribution in [1.29, 1.82) is 0 Å². The summed E-state index contributed by atoms with van der Waals surface area (Å²) in [4.78, 5) is 13.7. The van der Waals surface area contributed by atoms with E-state index < -0.39 is 0 Å². The van der Waals surface area contributed by atoms with Crippen LogP contribution in [0.3, 0.4) is 0 Å². The normalized spacial score (nSPS) is 12.7. The molecule has 0 saturated heterocycles. The summed E-state index contributed by atoms with van der Waals surface area (Å²) >= 11 is 3.23. The van der Waals surface area contributed by atoms with Gasteiger partial charge in [0.1, 0.15) is 26.4 Å². The Kier molecular flexibility index (Phi) is 34.5. The number of unbranched alkanes of at least 4 members (excludes halogenated alkanes) is 36. The van der Waals surface area contributed by atoms with Crippen LogP contribution in [0.1, 0.15) is 285 Å². The smallest absolute Gasteiger partial charge is 0.180 e. The first-order valence-electron chi connectivity index (χ1n) is 37.5. The fourth-order valence-electron chi connectivity index (χ4n) is 12.9. The van der Waals surface area contributed by atoms with E-state index >= 15 is 0 Å². The first-order valence-corrected chi connectivity index (χ1v) is 39.3. The minimum absolute atomic E-state index is 0.477. The summed E-state index contributed by atoms with van der Waals surface area (Å²) in [5.41, 5.74) is 6.60. The van der Waals surface area contributed by atoms with Crippen molar-refractivity contribution >= 4 is 33.7 Å². The van der Waals surface area contributed by atoms with E-state index in [1.807, 2.05) is 0 Å². The number of nitrogens with zero attached hydrogens (tertiary/aromatic N) is 2. The van der Waals surface area contributed by atoms with Gasteiger partial charge in [-0.2, -0.15) is 0 Å². The molecule has 2 aliphatic rings. The molecule has 0 saturated carbocycles. The lowest BCUT2D eigenvalue weighted by Gasteiger charge is -2.20. The van der Waals surface area contributed by atoms with Crippen molar-refractivity contribution in [1.82, 2.24) is 9.97 Å². The minimum atomic E-state index is 0.477. The second-order valence-corrected chi connectivity index (χ2v) is 27.9. The number of hydrogen-bond acceptors (Lipinski definition) is 12. The van der Waals surface area contributed by atoms with Crippen LogP contribution in [0.25, 0.3) is 54.4 Å². The third kappa shape index (κ3) is 23.9. The molecule has 2 aliphatic heterocycles. The maximum atomic E-state index is 6.89. The van der Waals surface area contributed by atoms with Gasteiger partial charge in [-0.1, -0.05) is 271 Å². The van der Waals surface area contributed by atoms with Crippen LogP contribution in [0.5, 0.6) is 46.0 Å². The quantitative estimate of drug-likeness (QED) is 0.0343. The predicted molar refractivity (Wildman–Crippen MR) is 388 cm³/mol. The molecular weight excluding hydrogens is 1180 g/mol. The zero-order valence-electron chi connectivity index (χ0n) is 57.7. The highest BCUT2D eigenvalue weighted by molar-refractivity contribution is 7.15. The maximum Gasteiger partial charge on any atom is 0.180 e. The number of benzene rings is 3. The van der Waals surface area contributed by atoms with Crippen LogP contribution in [0.2, 0.25) is 0 Å². The first kappa shape index (κ1) is 72.6. The Labute approximate surface area is 564 Å². The molecule has 5 heterocycles. The molecule has 0 aliphatic carbocycles. The van der Waals surface area contributed by atoms with E-state index in [4.69, 9.17) is 47.9 Å². The fourth-order valence-corrected chi connectivity index (χ4v) is 14.8. The maximum absolute atomic E-state index is 6.89. The third-order valence-electron chi connectivity index (χ3n) is 18.4. The van der Waals surface area contributed by atoms with Crippen LogP contribution in [0.15, 0.2) is 59.3 Å². The van der Waals surface area contributed by atoms with Gasteiger partial charge in [-0.25, -0.2) is 9.97 Å². The van der Waals surface area contributed by atoms with Crippen LogP contribution >= 0.6 is 22.7 Å². The van der Waals surface area contributed by atoms with E-state index in [-0.39, 0.29) is 0 Å². The highest BCUT2D eigenvalue weighted by atomic mass is 32.1. The molecule has 0 spiro atoms. The van der Waals surface area contributed by atoms with Crippen LogP contribution in [0, 0.1) is 0 Å². The zero-order valence-corrected chi connectivity index (χ0v) is 59.3. The number of fused-ring (bicyclic) bond motifs is 3. The molecule has 3 aromatic carbocycles. The number of thiophene rings is 2. The predicted octanol–water partition coefficient (Wildman–Crippen LogP) is 25.2. The molecule has 0 atom stereocenters. The Bertz CT molecular complexity index is 2770. The second kappa shape index (κ2) is 43.7. The highest BCUT2D eigenvalue weighted by Crippen LogP contribution is 2.52. The van der Waals surface area contributed by atoms with Gasteiger partial charge < -0.3 is 37.9 Å². The van der Waals surface area contributed by atoms with Crippen molar-refractivity contribution in [2.45, 2.75) is 285 Å². The first-order chi connectivity index (χ1) is 45.6. The van der Waals surface area contributed by atoms with Gasteiger partial charge in [0.2, 0.25) is 0 Å². The highest BCUT2D eigenvalue weighted by Gasteiger charge is 2.29. The molecule has 0 amide bonds. The molecule has 3 aromatic heterocycles. The summed E-state index contributed by atoms with van der Waals surface area (Å²) in [6, 6.07) is 17.2. The largest absolute Gasteiger partial charge is 0.490 e. The average molecular weight is 1300 g/mol. The van der Waals surface area contributed by atoms with E-state index in [2.05, 4.69) is 87.0 Å². The summed E-state index contributed by atoms with van der Waals surface area (Å²) in [5.74, 6) is 6.04. The minimum Gasteiger partial charge on any atom is -0.490 e.